The van der Waals surface area contributed by atoms with E-state index in [4.69, 9.17) is 18.6 Å². The van der Waals surface area contributed by atoms with E-state index in [-0.39, 0.29) is 29.5 Å². The number of carbonyl (C=O) groups is 2. The lowest BCUT2D eigenvalue weighted by atomic mass is 10.1. The van der Waals surface area contributed by atoms with Crippen LogP contribution in [0.3, 0.4) is 0 Å². The Morgan fingerprint density at radius 2 is 1.62 bits per heavy atom. The minimum absolute atomic E-state index is 0.0104. The number of hydrogen-bond donors (Lipinski definition) is 2. The van der Waals surface area contributed by atoms with Gasteiger partial charge >= 0.3 is 11.9 Å². The smallest absolute Gasteiger partial charge is 0.306 e. The molecular formula is C26H30O8. The van der Waals surface area contributed by atoms with Gasteiger partial charge in [-0.05, 0) is 62.7 Å². The molecule has 2 heterocycles. The Morgan fingerprint density at radius 1 is 0.941 bits per heavy atom. The average Bonchev–Trinajstić information content (AvgIpc) is 3.39. The fourth-order valence-electron chi connectivity index (χ4n) is 3.65. The number of fused-ring (bicyclic) bond motifs is 2. The SMILES string of the molecule is CCOC(=O)CCC1Cc2cc(O)ccc2O1.CCOC(=O)CCc1cc2cc(O)ccc2o1. The molecule has 2 N–H and O–H groups in total. The van der Waals surface area contributed by atoms with E-state index in [0.29, 0.717) is 44.5 Å². The van der Waals surface area contributed by atoms with Gasteiger partial charge in [0.2, 0.25) is 0 Å². The summed E-state index contributed by atoms with van der Waals surface area (Å²) in [4.78, 5) is 22.4. The molecule has 8 heteroatoms. The normalized spacial score (nSPS) is 14.0. The fourth-order valence-corrected chi connectivity index (χ4v) is 3.65. The topological polar surface area (TPSA) is 115 Å². The molecular weight excluding hydrogens is 440 g/mol. The highest BCUT2D eigenvalue weighted by Crippen LogP contribution is 2.33. The summed E-state index contributed by atoms with van der Waals surface area (Å²) in [7, 11) is 0. The van der Waals surface area contributed by atoms with Crippen LogP contribution in [0.2, 0.25) is 0 Å². The summed E-state index contributed by atoms with van der Waals surface area (Å²) in [5.41, 5.74) is 1.71. The van der Waals surface area contributed by atoms with Gasteiger partial charge in [-0.15, -0.1) is 0 Å². The zero-order valence-electron chi connectivity index (χ0n) is 19.4. The van der Waals surface area contributed by atoms with Gasteiger partial charge in [0, 0.05) is 30.2 Å². The van der Waals surface area contributed by atoms with Crippen molar-refractivity contribution in [1.29, 1.82) is 0 Å². The summed E-state index contributed by atoms with van der Waals surface area (Å²) in [5, 5.41) is 19.5. The Labute approximate surface area is 198 Å². The summed E-state index contributed by atoms with van der Waals surface area (Å²) in [6.07, 6.45) is 2.58. The molecule has 3 aromatic rings. The number of ether oxygens (including phenoxy) is 3. The maximum Gasteiger partial charge on any atom is 0.306 e. The molecule has 1 atom stereocenters. The Bertz CT molecular complexity index is 1120. The molecule has 0 bridgehead atoms. The van der Waals surface area contributed by atoms with Crippen molar-refractivity contribution in [3.63, 3.8) is 0 Å². The third-order valence-electron chi connectivity index (χ3n) is 5.19. The van der Waals surface area contributed by atoms with E-state index >= 15 is 0 Å². The van der Waals surface area contributed by atoms with E-state index in [1.54, 1.807) is 50.2 Å². The molecule has 2 aromatic carbocycles. The van der Waals surface area contributed by atoms with Gasteiger partial charge < -0.3 is 28.8 Å². The molecule has 0 saturated heterocycles. The number of rotatable bonds is 8. The van der Waals surface area contributed by atoms with Crippen molar-refractivity contribution in [2.75, 3.05) is 13.2 Å². The van der Waals surface area contributed by atoms with E-state index in [1.807, 2.05) is 6.07 Å². The lowest BCUT2D eigenvalue weighted by molar-refractivity contribution is -0.144. The average molecular weight is 471 g/mol. The molecule has 1 aliphatic heterocycles. The van der Waals surface area contributed by atoms with Gasteiger partial charge in [-0.1, -0.05) is 0 Å². The maximum atomic E-state index is 11.2. The van der Waals surface area contributed by atoms with E-state index in [1.165, 1.54) is 0 Å². The van der Waals surface area contributed by atoms with E-state index in [0.717, 1.165) is 28.9 Å². The summed E-state index contributed by atoms with van der Waals surface area (Å²) in [6, 6.07) is 11.8. The molecule has 0 radical (unpaired) electrons. The highest BCUT2D eigenvalue weighted by atomic mass is 16.5. The second kappa shape index (κ2) is 12.0. The number of aryl methyl sites for hydroxylation is 1. The molecule has 4 rings (SSSR count). The van der Waals surface area contributed by atoms with Crippen LogP contribution in [0.5, 0.6) is 17.2 Å². The van der Waals surface area contributed by atoms with Gasteiger partial charge in [0.1, 0.15) is 34.7 Å². The standard InChI is InChI=1S/C13H16O4.C13H14O4/c2*1-2-16-13(15)6-4-11-8-9-7-10(14)3-5-12(9)17-11/h3,5,7,11,14H,2,4,6,8H2,1H3;3,5,7-8,14H,2,4,6H2,1H3. The molecule has 1 unspecified atom stereocenters. The van der Waals surface area contributed by atoms with Crippen molar-refractivity contribution in [2.45, 2.75) is 52.1 Å². The van der Waals surface area contributed by atoms with Crippen LogP contribution in [0.1, 0.15) is 44.4 Å². The van der Waals surface area contributed by atoms with Gasteiger partial charge in [0.15, 0.2) is 0 Å². The summed E-state index contributed by atoms with van der Waals surface area (Å²) < 4.78 is 20.9. The van der Waals surface area contributed by atoms with Crippen LogP contribution < -0.4 is 4.74 Å². The summed E-state index contributed by atoms with van der Waals surface area (Å²) in [5.74, 6) is 1.56. The van der Waals surface area contributed by atoms with Gasteiger partial charge in [-0.2, -0.15) is 0 Å². The number of furan rings is 1. The molecule has 1 aliphatic rings. The molecule has 0 aliphatic carbocycles. The molecule has 8 nitrogen and oxygen atoms in total. The first-order chi connectivity index (χ1) is 16.4. The van der Waals surface area contributed by atoms with E-state index in [9.17, 15) is 19.8 Å². The lowest BCUT2D eigenvalue weighted by Gasteiger charge is -2.09. The fraction of sp³-hybridized carbons (Fsp3) is 0.385. The molecule has 34 heavy (non-hydrogen) atoms. The number of hydrogen-bond acceptors (Lipinski definition) is 8. The van der Waals surface area contributed by atoms with E-state index < -0.39 is 0 Å². The Kier molecular flexibility index (Phi) is 8.79. The van der Waals surface area contributed by atoms with E-state index in [2.05, 4.69) is 0 Å². The molecule has 182 valence electrons. The van der Waals surface area contributed by atoms with Gasteiger partial charge in [-0.25, -0.2) is 0 Å². The maximum absolute atomic E-state index is 11.2. The zero-order chi connectivity index (χ0) is 24.5. The third-order valence-corrected chi connectivity index (χ3v) is 5.19. The van der Waals surface area contributed by atoms with Crippen LogP contribution in [0.25, 0.3) is 11.0 Å². The second-order valence-corrected chi connectivity index (χ2v) is 7.82. The number of esters is 2. The number of carbonyl (C=O) groups excluding carboxylic acids is 2. The molecule has 0 spiro atoms. The van der Waals surface area contributed by atoms with Crippen LogP contribution in [-0.4, -0.2) is 41.5 Å². The van der Waals surface area contributed by atoms with Crippen molar-refractivity contribution in [3.05, 3.63) is 53.8 Å². The van der Waals surface area contributed by atoms with Gasteiger partial charge in [0.25, 0.3) is 0 Å². The van der Waals surface area contributed by atoms with Crippen LogP contribution in [0, 0.1) is 0 Å². The van der Waals surface area contributed by atoms with Crippen molar-refractivity contribution >= 4 is 22.9 Å². The largest absolute Gasteiger partial charge is 0.508 e. The second-order valence-electron chi connectivity index (χ2n) is 7.82. The monoisotopic (exact) mass is 470 g/mol. The molecule has 1 aromatic heterocycles. The van der Waals surface area contributed by atoms with Crippen LogP contribution in [0.4, 0.5) is 0 Å². The molecule has 0 saturated carbocycles. The lowest BCUT2D eigenvalue weighted by Crippen LogP contribution is -2.15. The predicted octanol–water partition coefficient (Wildman–Crippen LogP) is 4.67. The molecule has 0 fully saturated rings. The van der Waals surface area contributed by atoms with Crippen molar-refractivity contribution < 1.29 is 38.4 Å². The van der Waals surface area contributed by atoms with Gasteiger partial charge in [0.05, 0.1) is 19.6 Å². The highest BCUT2D eigenvalue weighted by molar-refractivity contribution is 5.79. The highest BCUT2D eigenvalue weighted by Gasteiger charge is 2.23. The number of benzene rings is 2. The number of phenols is 2. The summed E-state index contributed by atoms with van der Waals surface area (Å²) >= 11 is 0. The van der Waals surface area contributed by atoms with Crippen LogP contribution in [-0.2, 0) is 31.9 Å². The molecule has 0 amide bonds. The predicted molar refractivity (Wildman–Crippen MR) is 125 cm³/mol. The minimum Gasteiger partial charge on any atom is -0.508 e. The number of phenolic OH excluding ortho intramolecular Hbond substituents is 2. The van der Waals surface area contributed by atoms with Crippen molar-refractivity contribution in [3.8, 4) is 17.2 Å². The van der Waals surface area contributed by atoms with Crippen LogP contribution in [0.15, 0.2) is 46.9 Å². The van der Waals surface area contributed by atoms with Gasteiger partial charge in [-0.3, -0.25) is 9.59 Å². The third kappa shape index (κ3) is 7.16. The first kappa shape index (κ1) is 25.0. The van der Waals surface area contributed by atoms with Crippen molar-refractivity contribution in [2.24, 2.45) is 0 Å². The Morgan fingerprint density at radius 3 is 2.35 bits per heavy atom. The number of aromatic hydroxyl groups is 2. The zero-order valence-corrected chi connectivity index (χ0v) is 19.4. The first-order valence-corrected chi connectivity index (χ1v) is 11.4. The quantitative estimate of drug-likeness (QED) is 0.456. The Balaban J connectivity index is 0.000000191. The minimum atomic E-state index is -0.226. The van der Waals surface area contributed by atoms with Crippen LogP contribution >= 0.6 is 0 Å². The summed E-state index contributed by atoms with van der Waals surface area (Å²) in [6.45, 7) is 4.38. The Hall–Kier alpha value is -3.68. The van der Waals surface area contributed by atoms with Crippen molar-refractivity contribution in [1.82, 2.24) is 0 Å². The first-order valence-electron chi connectivity index (χ1n) is 11.4.